The Morgan fingerprint density at radius 3 is 2.60 bits per heavy atom. The van der Waals surface area contributed by atoms with Gasteiger partial charge in [0.05, 0.1) is 23.6 Å². The zero-order valence-corrected chi connectivity index (χ0v) is 7.11. The lowest BCUT2D eigenvalue weighted by Gasteiger charge is -1.94. The monoisotopic (exact) mass is 182 g/mol. The van der Waals surface area contributed by atoms with Crippen LogP contribution >= 0.6 is 0 Å². The molecule has 0 saturated heterocycles. The number of hydrogen-bond acceptors (Lipinski definition) is 3. The summed E-state index contributed by atoms with van der Waals surface area (Å²) in [6, 6.07) is 0. The zero-order chi connectivity index (χ0) is 8.04. The minimum Gasteiger partial charge on any atom is -0.213 e. The van der Waals surface area contributed by atoms with E-state index in [0.717, 1.165) is 0 Å². The fourth-order valence-electron chi connectivity index (χ4n) is 0.266. The van der Waals surface area contributed by atoms with Crippen molar-refractivity contribution in [3.8, 4) is 0 Å². The Labute approximate surface area is 63.8 Å². The van der Waals surface area contributed by atoms with Gasteiger partial charge in [0.1, 0.15) is 0 Å². The highest BCUT2D eigenvalue weighted by atomic mass is 32.2. The summed E-state index contributed by atoms with van der Waals surface area (Å²) < 4.78 is 34.1. The predicted octanol–water partition coefficient (Wildman–Crippen LogP) is -1.04. The second-order valence-corrected chi connectivity index (χ2v) is 3.97. The van der Waals surface area contributed by atoms with Crippen LogP contribution in [0.4, 0.5) is 0 Å². The number of hydrogen-bond donors (Lipinski definition) is 0. The third-order valence-corrected chi connectivity index (χ3v) is 2.34. The van der Waals surface area contributed by atoms with Crippen molar-refractivity contribution in [3.63, 3.8) is 0 Å². The van der Waals surface area contributed by atoms with Crippen LogP contribution < -0.4 is 4.72 Å². The van der Waals surface area contributed by atoms with Crippen LogP contribution in [-0.2, 0) is 21.3 Å². The van der Waals surface area contributed by atoms with E-state index in [9.17, 15) is 12.6 Å². The average Bonchev–Trinajstić information content (AvgIpc) is 1.89. The summed E-state index contributed by atoms with van der Waals surface area (Å²) in [5, 5.41) is 1.19. The summed E-state index contributed by atoms with van der Waals surface area (Å²) in [6.07, 6.45) is 0. The van der Waals surface area contributed by atoms with Crippen LogP contribution in [0.3, 0.4) is 0 Å². The SMILES string of the molecule is CCS(=O)(=O)[N]CC=S=O. The second-order valence-electron chi connectivity index (χ2n) is 1.45. The van der Waals surface area contributed by atoms with Gasteiger partial charge in [0.2, 0.25) is 10.0 Å². The van der Waals surface area contributed by atoms with Gasteiger partial charge in [-0.15, -0.1) is 4.72 Å². The first-order valence-electron chi connectivity index (χ1n) is 2.64. The van der Waals surface area contributed by atoms with Crippen molar-refractivity contribution in [2.45, 2.75) is 6.92 Å². The fraction of sp³-hybridized carbons (Fsp3) is 0.750. The molecule has 0 fully saturated rings. The molecule has 0 heterocycles. The quantitative estimate of drug-likeness (QED) is 0.521. The molecule has 0 saturated carbocycles. The highest BCUT2D eigenvalue weighted by Crippen LogP contribution is 1.81. The minimum absolute atomic E-state index is 0.00956. The average molecular weight is 182 g/mol. The second kappa shape index (κ2) is 4.59. The van der Waals surface area contributed by atoms with Crippen LogP contribution in [0.15, 0.2) is 0 Å². The molecule has 0 rings (SSSR count). The maximum atomic E-state index is 10.6. The first-order valence-corrected chi connectivity index (χ1v) is 5.05. The molecule has 0 amide bonds. The Balaban J connectivity index is 3.80. The molecule has 0 aliphatic rings. The molecule has 0 N–H and O–H groups in total. The topological polar surface area (TPSA) is 65.3 Å². The van der Waals surface area contributed by atoms with Crippen LogP contribution in [0.2, 0.25) is 0 Å². The Morgan fingerprint density at radius 2 is 2.20 bits per heavy atom. The fourth-order valence-corrected chi connectivity index (χ4v) is 0.980. The molecule has 0 unspecified atom stereocenters. The number of nitrogens with zero attached hydrogens (tertiary/aromatic N) is 1. The Hall–Kier alpha value is -0.200. The van der Waals surface area contributed by atoms with Crippen molar-refractivity contribution < 1.29 is 12.6 Å². The summed E-state index contributed by atoms with van der Waals surface area (Å²) in [6.45, 7) is 1.48. The van der Waals surface area contributed by atoms with Crippen molar-refractivity contribution in [2.24, 2.45) is 0 Å². The van der Waals surface area contributed by atoms with E-state index in [1.54, 1.807) is 0 Å². The summed E-state index contributed by atoms with van der Waals surface area (Å²) in [5.74, 6) is -0.00956. The van der Waals surface area contributed by atoms with Gasteiger partial charge in [-0.25, -0.2) is 12.6 Å². The third kappa shape index (κ3) is 4.66. The first kappa shape index (κ1) is 9.80. The maximum Gasteiger partial charge on any atom is 0.227 e. The van der Waals surface area contributed by atoms with Crippen LogP contribution in [0.1, 0.15) is 6.92 Å². The van der Waals surface area contributed by atoms with Crippen molar-refractivity contribution in [1.29, 1.82) is 0 Å². The lowest BCUT2D eigenvalue weighted by molar-refractivity contribution is 0.587. The van der Waals surface area contributed by atoms with E-state index >= 15 is 0 Å². The first-order chi connectivity index (χ1) is 4.62. The van der Waals surface area contributed by atoms with Gasteiger partial charge >= 0.3 is 0 Å². The Morgan fingerprint density at radius 1 is 1.60 bits per heavy atom. The maximum absolute atomic E-state index is 10.6. The van der Waals surface area contributed by atoms with Gasteiger partial charge < -0.3 is 0 Å². The summed E-state index contributed by atoms with van der Waals surface area (Å²) in [4.78, 5) is 0. The molecular weight excluding hydrogens is 174 g/mol. The summed E-state index contributed by atoms with van der Waals surface area (Å²) >= 11 is 0.220. The van der Waals surface area contributed by atoms with Crippen molar-refractivity contribution >= 4 is 26.6 Å². The van der Waals surface area contributed by atoms with Crippen LogP contribution in [0.25, 0.3) is 0 Å². The number of sulfonamides is 1. The molecule has 0 aromatic carbocycles. The molecule has 0 aliphatic heterocycles. The van der Waals surface area contributed by atoms with E-state index in [1.165, 1.54) is 12.3 Å². The van der Waals surface area contributed by atoms with Gasteiger partial charge in [0.15, 0.2) is 0 Å². The Bertz CT molecular complexity index is 227. The lowest BCUT2D eigenvalue weighted by Crippen LogP contribution is -2.19. The predicted molar refractivity (Wildman–Crippen MR) is 40.7 cm³/mol. The molecule has 59 valence electrons. The number of rotatable bonds is 4. The van der Waals surface area contributed by atoms with Crippen LogP contribution in [0, 0.1) is 0 Å². The normalized spacial score (nSPS) is 10.9. The largest absolute Gasteiger partial charge is 0.227 e. The highest BCUT2D eigenvalue weighted by molar-refractivity contribution is 7.89. The Kier molecular flexibility index (Phi) is 4.50. The van der Waals surface area contributed by atoms with Gasteiger partial charge in [-0.05, 0) is 6.92 Å². The lowest BCUT2D eigenvalue weighted by atomic mass is 10.8. The van der Waals surface area contributed by atoms with Crippen LogP contribution in [-0.4, -0.2) is 30.3 Å². The van der Waals surface area contributed by atoms with Gasteiger partial charge in [0.25, 0.3) is 0 Å². The molecule has 0 aliphatic carbocycles. The molecule has 1 radical (unpaired) electrons. The van der Waals surface area contributed by atoms with E-state index in [4.69, 9.17) is 0 Å². The van der Waals surface area contributed by atoms with Gasteiger partial charge in [0, 0.05) is 5.37 Å². The standard InChI is InChI=1S/C4H8NO3S2/c1-2-10(7,8)5-3-4-9-6/h4H,2-3H2,1H3. The molecule has 0 spiro atoms. The summed E-state index contributed by atoms with van der Waals surface area (Å²) in [5.41, 5.74) is 0. The van der Waals surface area contributed by atoms with E-state index in [1.807, 2.05) is 0 Å². The smallest absolute Gasteiger partial charge is 0.213 e. The van der Waals surface area contributed by atoms with Crippen molar-refractivity contribution in [1.82, 2.24) is 4.72 Å². The molecule has 6 heteroatoms. The van der Waals surface area contributed by atoms with Crippen LogP contribution in [0.5, 0.6) is 0 Å². The molecule has 0 aromatic rings. The van der Waals surface area contributed by atoms with E-state index in [2.05, 4.69) is 4.72 Å². The molecular formula is C4H8NO3S2. The molecule has 10 heavy (non-hydrogen) atoms. The van der Waals surface area contributed by atoms with E-state index in [-0.39, 0.29) is 23.6 Å². The zero-order valence-electron chi connectivity index (χ0n) is 5.48. The third-order valence-electron chi connectivity index (χ3n) is 0.779. The van der Waals surface area contributed by atoms with Gasteiger partial charge in [-0.1, -0.05) is 0 Å². The molecule has 4 nitrogen and oxygen atoms in total. The summed E-state index contributed by atoms with van der Waals surface area (Å²) in [7, 11) is -3.25. The molecule has 0 bridgehead atoms. The molecule has 0 atom stereocenters. The van der Waals surface area contributed by atoms with Gasteiger partial charge in [-0.3, -0.25) is 0 Å². The van der Waals surface area contributed by atoms with Crippen molar-refractivity contribution in [3.05, 3.63) is 0 Å². The molecule has 0 aromatic heterocycles. The minimum atomic E-state index is -3.25. The highest BCUT2D eigenvalue weighted by Gasteiger charge is 2.04. The van der Waals surface area contributed by atoms with E-state index < -0.39 is 10.0 Å². The van der Waals surface area contributed by atoms with E-state index in [0.29, 0.717) is 0 Å². The van der Waals surface area contributed by atoms with Crippen molar-refractivity contribution in [2.75, 3.05) is 12.3 Å². The van der Waals surface area contributed by atoms with Gasteiger partial charge in [-0.2, -0.15) is 0 Å².